The normalized spacial score (nSPS) is 19.1. The van der Waals surface area contributed by atoms with Crippen molar-refractivity contribution in [3.05, 3.63) is 30.3 Å². The van der Waals surface area contributed by atoms with Gasteiger partial charge in [0.1, 0.15) is 0 Å². The van der Waals surface area contributed by atoms with E-state index in [1.54, 1.807) is 11.8 Å². The average Bonchev–Trinajstić information content (AvgIpc) is 2.92. The first-order chi connectivity index (χ1) is 9.79. The number of carbonyl (C=O) groups is 1. The molecule has 110 valence electrons. The molecule has 1 fully saturated rings. The second-order valence-electron chi connectivity index (χ2n) is 4.96. The Morgan fingerprint density at radius 2 is 2.20 bits per heavy atom. The number of likely N-dealkylation sites (tertiary alicyclic amines) is 1. The van der Waals surface area contributed by atoms with Crippen LogP contribution in [0.5, 0.6) is 0 Å². The molecule has 0 aromatic heterocycles. The van der Waals surface area contributed by atoms with Crippen LogP contribution in [0.1, 0.15) is 12.8 Å². The number of nitrogens with zero attached hydrogens (tertiary/aromatic N) is 1. The number of rotatable bonds is 7. The zero-order chi connectivity index (χ0) is 14.2. The Balaban J connectivity index is 1.61. The topological polar surface area (TPSA) is 52.6 Å². The fourth-order valence-electron chi connectivity index (χ4n) is 2.43. The molecule has 0 radical (unpaired) electrons. The van der Waals surface area contributed by atoms with Crippen molar-refractivity contribution in [3.63, 3.8) is 0 Å². The van der Waals surface area contributed by atoms with E-state index >= 15 is 0 Å². The highest BCUT2D eigenvalue weighted by Gasteiger charge is 2.25. The van der Waals surface area contributed by atoms with Crippen molar-refractivity contribution in [1.82, 2.24) is 10.2 Å². The third-order valence-electron chi connectivity index (χ3n) is 3.49. The van der Waals surface area contributed by atoms with Gasteiger partial charge in [0.2, 0.25) is 5.91 Å². The summed E-state index contributed by atoms with van der Waals surface area (Å²) in [5.74, 6) is 0.929. The summed E-state index contributed by atoms with van der Waals surface area (Å²) in [5, 5.41) is 12.2. The quantitative estimate of drug-likeness (QED) is 0.589. The van der Waals surface area contributed by atoms with Gasteiger partial charge in [-0.2, -0.15) is 0 Å². The van der Waals surface area contributed by atoms with Crippen LogP contribution < -0.4 is 5.32 Å². The van der Waals surface area contributed by atoms with Gasteiger partial charge in [0.25, 0.3) is 0 Å². The first-order valence-corrected chi connectivity index (χ1v) is 8.07. The van der Waals surface area contributed by atoms with Gasteiger partial charge in [-0.1, -0.05) is 18.2 Å². The summed E-state index contributed by atoms with van der Waals surface area (Å²) < 4.78 is 0. The maximum absolute atomic E-state index is 11.8. The number of aliphatic hydroxyl groups excluding tert-OH is 1. The summed E-state index contributed by atoms with van der Waals surface area (Å²) in [4.78, 5) is 15.1. The van der Waals surface area contributed by atoms with Crippen molar-refractivity contribution >= 4 is 17.7 Å². The van der Waals surface area contributed by atoms with E-state index in [9.17, 15) is 9.90 Å². The van der Waals surface area contributed by atoms with Crippen LogP contribution in [0.2, 0.25) is 0 Å². The lowest BCUT2D eigenvalue weighted by atomic mass is 10.2. The monoisotopic (exact) mass is 294 g/mol. The molecule has 0 spiro atoms. The minimum absolute atomic E-state index is 0.0546. The van der Waals surface area contributed by atoms with E-state index in [-0.39, 0.29) is 18.6 Å². The molecule has 1 aromatic carbocycles. The molecule has 4 nitrogen and oxygen atoms in total. The lowest BCUT2D eigenvalue weighted by Crippen LogP contribution is -2.41. The fourth-order valence-corrected chi connectivity index (χ4v) is 3.22. The molecule has 2 rings (SSSR count). The number of carbonyl (C=O) groups excluding carboxylic acids is 1. The largest absolute Gasteiger partial charge is 0.395 e. The van der Waals surface area contributed by atoms with E-state index < -0.39 is 0 Å². The van der Waals surface area contributed by atoms with E-state index in [4.69, 9.17) is 0 Å². The number of nitrogens with one attached hydrogen (secondary N) is 1. The predicted octanol–water partition coefficient (Wildman–Crippen LogP) is 1.35. The van der Waals surface area contributed by atoms with E-state index in [1.807, 2.05) is 18.2 Å². The number of hydrogen-bond donors (Lipinski definition) is 2. The number of thioether (sulfide) groups is 1. The smallest absolute Gasteiger partial charge is 0.234 e. The van der Waals surface area contributed by atoms with Crippen LogP contribution in [-0.4, -0.2) is 53.9 Å². The first kappa shape index (κ1) is 15.4. The molecule has 1 aromatic rings. The Morgan fingerprint density at radius 3 is 2.95 bits per heavy atom. The second-order valence-corrected chi connectivity index (χ2v) is 6.13. The van der Waals surface area contributed by atoms with Gasteiger partial charge in [-0.3, -0.25) is 9.69 Å². The summed E-state index contributed by atoms with van der Waals surface area (Å²) in [6.07, 6.45) is 2.07. The van der Waals surface area contributed by atoms with Crippen molar-refractivity contribution in [2.45, 2.75) is 23.8 Å². The van der Waals surface area contributed by atoms with E-state index in [0.717, 1.165) is 25.1 Å². The third-order valence-corrected chi connectivity index (χ3v) is 4.51. The minimum Gasteiger partial charge on any atom is -0.395 e. The molecule has 5 heteroatoms. The van der Waals surface area contributed by atoms with Gasteiger partial charge in [-0.05, 0) is 31.5 Å². The third kappa shape index (κ3) is 4.81. The van der Waals surface area contributed by atoms with Gasteiger partial charge in [0.15, 0.2) is 0 Å². The second kappa shape index (κ2) is 8.29. The number of aliphatic hydroxyl groups is 1. The molecule has 1 amide bonds. The lowest BCUT2D eigenvalue weighted by molar-refractivity contribution is -0.122. The van der Waals surface area contributed by atoms with Gasteiger partial charge in [0, 0.05) is 23.2 Å². The van der Waals surface area contributed by atoms with Crippen molar-refractivity contribution in [3.8, 4) is 0 Å². The van der Waals surface area contributed by atoms with Crippen molar-refractivity contribution < 1.29 is 9.90 Å². The summed E-state index contributed by atoms with van der Waals surface area (Å²) in [6.45, 7) is 2.14. The lowest BCUT2D eigenvalue weighted by Gasteiger charge is -2.21. The maximum atomic E-state index is 11.8. The number of hydrogen-bond acceptors (Lipinski definition) is 4. The Hall–Kier alpha value is -1.04. The van der Waals surface area contributed by atoms with Crippen LogP contribution in [0.25, 0.3) is 0 Å². The van der Waals surface area contributed by atoms with Crippen molar-refractivity contribution in [2.24, 2.45) is 0 Å². The molecule has 20 heavy (non-hydrogen) atoms. The van der Waals surface area contributed by atoms with E-state index in [0.29, 0.717) is 13.1 Å². The fraction of sp³-hybridized carbons (Fsp3) is 0.533. The molecular weight excluding hydrogens is 272 g/mol. The Labute approximate surface area is 124 Å². The first-order valence-electron chi connectivity index (χ1n) is 7.09. The molecule has 1 atom stereocenters. The zero-order valence-corrected chi connectivity index (χ0v) is 12.4. The highest BCUT2D eigenvalue weighted by Crippen LogP contribution is 2.16. The summed E-state index contributed by atoms with van der Waals surface area (Å²) in [6, 6.07) is 10.3. The molecule has 1 heterocycles. The van der Waals surface area contributed by atoms with Crippen LogP contribution >= 0.6 is 11.8 Å². The summed E-state index contributed by atoms with van der Waals surface area (Å²) in [5.41, 5.74) is 0. The van der Waals surface area contributed by atoms with Crippen LogP contribution in [0.15, 0.2) is 35.2 Å². The van der Waals surface area contributed by atoms with Crippen LogP contribution in [0.4, 0.5) is 0 Å². The Morgan fingerprint density at radius 1 is 1.40 bits per heavy atom. The van der Waals surface area contributed by atoms with Crippen molar-refractivity contribution in [1.29, 1.82) is 0 Å². The molecule has 0 aliphatic carbocycles. The zero-order valence-electron chi connectivity index (χ0n) is 11.6. The number of benzene rings is 1. The van der Waals surface area contributed by atoms with Crippen molar-refractivity contribution in [2.75, 3.05) is 32.0 Å². The highest BCUT2D eigenvalue weighted by atomic mass is 32.2. The van der Waals surface area contributed by atoms with Gasteiger partial charge < -0.3 is 10.4 Å². The van der Waals surface area contributed by atoms with Gasteiger partial charge >= 0.3 is 0 Å². The number of amides is 1. The molecule has 1 aliphatic heterocycles. The summed E-state index contributed by atoms with van der Waals surface area (Å²) in [7, 11) is 0. The summed E-state index contributed by atoms with van der Waals surface area (Å²) >= 11 is 1.74. The minimum atomic E-state index is 0.0546. The Bertz CT molecular complexity index is 414. The molecule has 2 N–H and O–H groups in total. The van der Waals surface area contributed by atoms with Crippen LogP contribution in [-0.2, 0) is 4.79 Å². The molecule has 1 aliphatic rings. The highest BCUT2D eigenvalue weighted by molar-refractivity contribution is 7.99. The standard InChI is InChI=1S/C15H22N2O2S/c18-12-13-5-4-9-17(13)11-15(19)16-8-10-20-14-6-2-1-3-7-14/h1-3,6-7,13,18H,4-5,8-12H2,(H,16,19)/t13-/m1/s1. The van der Waals surface area contributed by atoms with Gasteiger partial charge in [-0.15, -0.1) is 11.8 Å². The molecule has 0 saturated carbocycles. The maximum Gasteiger partial charge on any atom is 0.234 e. The molecule has 0 bridgehead atoms. The molecule has 0 unspecified atom stereocenters. The average molecular weight is 294 g/mol. The molecular formula is C15H22N2O2S. The van der Waals surface area contributed by atoms with E-state index in [1.165, 1.54) is 4.90 Å². The SMILES string of the molecule is O=C(CN1CCC[C@@H]1CO)NCCSc1ccccc1. The van der Waals surface area contributed by atoms with Gasteiger partial charge in [0.05, 0.1) is 13.2 Å². The predicted molar refractivity (Wildman–Crippen MR) is 81.9 cm³/mol. The van der Waals surface area contributed by atoms with Crippen LogP contribution in [0, 0.1) is 0 Å². The Kier molecular flexibility index (Phi) is 6.36. The van der Waals surface area contributed by atoms with E-state index in [2.05, 4.69) is 22.3 Å². The molecule has 1 saturated heterocycles. The van der Waals surface area contributed by atoms with Gasteiger partial charge in [-0.25, -0.2) is 0 Å². The van der Waals surface area contributed by atoms with Crippen LogP contribution in [0.3, 0.4) is 0 Å².